The highest BCUT2D eigenvalue weighted by Gasteiger charge is 2.24. The molecule has 2 rings (SSSR count). The molecule has 1 amide bonds. The lowest BCUT2D eigenvalue weighted by molar-refractivity contribution is 0.0905. The van der Waals surface area contributed by atoms with E-state index in [-0.39, 0.29) is 11.4 Å². The van der Waals surface area contributed by atoms with Crippen LogP contribution < -0.4 is 11.1 Å². The van der Waals surface area contributed by atoms with Crippen LogP contribution in [0.1, 0.15) is 37.0 Å². The normalized spacial score (nSPS) is 18.5. The maximum atomic E-state index is 11.9. The first kappa shape index (κ1) is 14.5. The third-order valence-electron chi connectivity index (χ3n) is 3.34. The van der Waals surface area contributed by atoms with E-state index in [2.05, 4.69) is 24.1 Å². The van der Waals surface area contributed by atoms with Gasteiger partial charge >= 0.3 is 0 Å². The minimum atomic E-state index is -0.146. The molecular weight excluding hydrogens is 258 g/mol. The summed E-state index contributed by atoms with van der Waals surface area (Å²) >= 11 is 1.55. The minimum Gasteiger partial charge on any atom is -0.349 e. The van der Waals surface area contributed by atoms with Crippen LogP contribution >= 0.6 is 11.3 Å². The number of likely N-dealkylation sites (tertiary alicyclic amines) is 1. The smallest absolute Gasteiger partial charge is 0.252 e. The van der Waals surface area contributed by atoms with Gasteiger partial charge in [0.1, 0.15) is 0 Å². The molecule has 1 saturated heterocycles. The predicted octanol–water partition coefficient (Wildman–Crippen LogP) is 1.68. The van der Waals surface area contributed by atoms with Crippen LogP contribution in [0, 0.1) is 0 Å². The van der Waals surface area contributed by atoms with Crippen molar-refractivity contribution < 1.29 is 4.79 Å². The molecule has 0 saturated carbocycles. The first-order valence-corrected chi connectivity index (χ1v) is 7.73. The Labute approximate surface area is 119 Å². The van der Waals surface area contributed by atoms with Gasteiger partial charge in [-0.2, -0.15) is 11.3 Å². The Morgan fingerprint density at radius 2 is 2.21 bits per heavy atom. The van der Waals surface area contributed by atoms with Crippen molar-refractivity contribution in [2.24, 2.45) is 5.73 Å². The molecule has 2 heterocycles. The van der Waals surface area contributed by atoms with Crippen LogP contribution in [0.2, 0.25) is 0 Å². The second-order valence-electron chi connectivity index (χ2n) is 6.02. The molecule has 1 aliphatic heterocycles. The van der Waals surface area contributed by atoms with Crippen LogP contribution in [-0.2, 0) is 0 Å². The van der Waals surface area contributed by atoms with Gasteiger partial charge in [-0.3, -0.25) is 4.79 Å². The Morgan fingerprint density at radius 3 is 2.74 bits per heavy atom. The van der Waals surface area contributed by atoms with Gasteiger partial charge in [0.25, 0.3) is 5.91 Å². The number of amides is 1. The van der Waals surface area contributed by atoms with E-state index < -0.39 is 0 Å². The molecule has 0 aliphatic carbocycles. The van der Waals surface area contributed by atoms with E-state index >= 15 is 0 Å². The lowest BCUT2D eigenvalue weighted by atomic mass is 10.0. The van der Waals surface area contributed by atoms with Crippen molar-refractivity contribution in [2.45, 2.75) is 38.3 Å². The van der Waals surface area contributed by atoms with Crippen LogP contribution in [-0.4, -0.2) is 42.0 Å². The van der Waals surface area contributed by atoms with Crippen molar-refractivity contribution in [1.29, 1.82) is 0 Å². The molecule has 0 unspecified atom stereocenters. The Balaban J connectivity index is 1.76. The van der Waals surface area contributed by atoms with Crippen molar-refractivity contribution in [2.75, 3.05) is 19.6 Å². The Bertz CT molecular complexity index is 403. The molecule has 3 N–H and O–H groups in total. The molecule has 1 aliphatic rings. The van der Waals surface area contributed by atoms with E-state index in [9.17, 15) is 4.79 Å². The average Bonchev–Trinajstić information content (AvgIpc) is 2.83. The highest BCUT2D eigenvalue weighted by atomic mass is 32.1. The highest BCUT2D eigenvalue weighted by Crippen LogP contribution is 2.14. The lowest BCUT2D eigenvalue weighted by Gasteiger charge is -2.36. The third-order valence-corrected chi connectivity index (χ3v) is 4.02. The van der Waals surface area contributed by atoms with E-state index in [0.717, 1.165) is 38.0 Å². The molecule has 19 heavy (non-hydrogen) atoms. The van der Waals surface area contributed by atoms with Crippen LogP contribution in [0.5, 0.6) is 0 Å². The summed E-state index contributed by atoms with van der Waals surface area (Å²) in [5.41, 5.74) is 6.66. The number of thiophene rings is 1. The molecule has 106 valence electrons. The second-order valence-corrected chi connectivity index (χ2v) is 6.80. The predicted molar refractivity (Wildman–Crippen MR) is 79.5 cm³/mol. The Kier molecular flexibility index (Phi) is 4.60. The zero-order valence-electron chi connectivity index (χ0n) is 11.7. The summed E-state index contributed by atoms with van der Waals surface area (Å²) < 4.78 is 0. The molecule has 1 aromatic rings. The number of carbonyl (C=O) groups is 1. The van der Waals surface area contributed by atoms with Crippen molar-refractivity contribution in [1.82, 2.24) is 10.2 Å². The SMILES string of the molecule is CC(C)(N)CN1CCC(NC(=O)c2ccsc2)CC1. The summed E-state index contributed by atoms with van der Waals surface area (Å²) in [6.07, 6.45) is 2.01. The van der Waals surface area contributed by atoms with Crippen LogP contribution in [0.3, 0.4) is 0 Å². The van der Waals surface area contributed by atoms with E-state index in [1.54, 1.807) is 11.3 Å². The van der Waals surface area contributed by atoms with Gasteiger partial charge in [0, 0.05) is 42.2 Å². The highest BCUT2D eigenvalue weighted by molar-refractivity contribution is 7.08. The lowest BCUT2D eigenvalue weighted by Crippen LogP contribution is -2.51. The summed E-state index contributed by atoms with van der Waals surface area (Å²) in [6.45, 7) is 7.04. The number of carbonyl (C=O) groups excluding carboxylic acids is 1. The molecule has 0 bridgehead atoms. The summed E-state index contributed by atoms with van der Waals surface area (Å²) in [7, 11) is 0. The van der Waals surface area contributed by atoms with Gasteiger partial charge in [-0.15, -0.1) is 0 Å². The fraction of sp³-hybridized carbons (Fsp3) is 0.643. The zero-order chi connectivity index (χ0) is 13.9. The number of rotatable bonds is 4. The Hall–Kier alpha value is -0.910. The molecule has 0 radical (unpaired) electrons. The summed E-state index contributed by atoms with van der Waals surface area (Å²) in [5, 5.41) is 6.94. The van der Waals surface area contributed by atoms with Crippen molar-refractivity contribution in [3.05, 3.63) is 22.4 Å². The maximum absolute atomic E-state index is 11.9. The molecule has 1 fully saturated rings. The number of nitrogens with two attached hydrogens (primary N) is 1. The average molecular weight is 281 g/mol. The van der Waals surface area contributed by atoms with Gasteiger partial charge in [0.2, 0.25) is 0 Å². The molecule has 0 aromatic carbocycles. The van der Waals surface area contributed by atoms with Crippen molar-refractivity contribution in [3.63, 3.8) is 0 Å². The van der Waals surface area contributed by atoms with Crippen LogP contribution in [0.15, 0.2) is 16.8 Å². The van der Waals surface area contributed by atoms with Crippen molar-refractivity contribution >= 4 is 17.2 Å². The number of nitrogens with one attached hydrogen (secondary N) is 1. The third kappa shape index (κ3) is 4.60. The fourth-order valence-corrected chi connectivity index (χ4v) is 3.11. The maximum Gasteiger partial charge on any atom is 0.252 e. The Morgan fingerprint density at radius 1 is 1.53 bits per heavy atom. The number of piperidine rings is 1. The fourth-order valence-electron chi connectivity index (χ4n) is 2.47. The standard InChI is InChI=1S/C14H23N3OS/c1-14(2,15)10-17-6-3-12(4-7-17)16-13(18)11-5-8-19-9-11/h5,8-9,12H,3-4,6-7,10,15H2,1-2H3,(H,16,18). The quantitative estimate of drug-likeness (QED) is 0.883. The molecule has 1 aromatic heterocycles. The van der Waals surface area contributed by atoms with Gasteiger partial charge < -0.3 is 16.0 Å². The van der Waals surface area contributed by atoms with E-state index in [1.165, 1.54) is 0 Å². The summed E-state index contributed by atoms with van der Waals surface area (Å²) in [5.74, 6) is 0.0545. The molecule has 4 nitrogen and oxygen atoms in total. The van der Waals surface area contributed by atoms with Gasteiger partial charge in [-0.05, 0) is 38.1 Å². The number of hydrogen-bond donors (Lipinski definition) is 2. The van der Waals surface area contributed by atoms with E-state index in [0.29, 0.717) is 6.04 Å². The first-order chi connectivity index (χ1) is 8.94. The van der Waals surface area contributed by atoms with Gasteiger partial charge in [-0.1, -0.05) is 0 Å². The monoisotopic (exact) mass is 281 g/mol. The van der Waals surface area contributed by atoms with E-state index in [1.807, 2.05) is 16.8 Å². The summed E-state index contributed by atoms with van der Waals surface area (Å²) in [6, 6.07) is 2.16. The molecule has 0 spiro atoms. The number of hydrogen-bond acceptors (Lipinski definition) is 4. The second kappa shape index (κ2) is 6.03. The molecular formula is C14H23N3OS. The van der Waals surface area contributed by atoms with Crippen LogP contribution in [0.4, 0.5) is 0 Å². The largest absolute Gasteiger partial charge is 0.349 e. The van der Waals surface area contributed by atoms with E-state index in [4.69, 9.17) is 5.73 Å². The van der Waals surface area contributed by atoms with Crippen molar-refractivity contribution in [3.8, 4) is 0 Å². The van der Waals surface area contributed by atoms with Gasteiger partial charge in [0.05, 0.1) is 0 Å². The summed E-state index contributed by atoms with van der Waals surface area (Å²) in [4.78, 5) is 14.3. The topological polar surface area (TPSA) is 58.4 Å². The minimum absolute atomic E-state index is 0.0545. The van der Waals surface area contributed by atoms with Crippen LogP contribution in [0.25, 0.3) is 0 Å². The molecule has 5 heteroatoms. The molecule has 0 atom stereocenters. The number of nitrogens with zero attached hydrogens (tertiary/aromatic N) is 1. The van der Waals surface area contributed by atoms with Gasteiger partial charge in [0.15, 0.2) is 0 Å². The van der Waals surface area contributed by atoms with Gasteiger partial charge in [-0.25, -0.2) is 0 Å². The first-order valence-electron chi connectivity index (χ1n) is 6.78. The zero-order valence-corrected chi connectivity index (χ0v) is 12.5.